The van der Waals surface area contributed by atoms with Gasteiger partial charge in [0.1, 0.15) is 0 Å². The lowest BCUT2D eigenvalue weighted by Gasteiger charge is -2.06. The smallest absolute Gasteiger partial charge is 0.0553 e. The van der Waals surface area contributed by atoms with Crippen LogP contribution in [0.5, 0.6) is 0 Å². The van der Waals surface area contributed by atoms with Crippen molar-refractivity contribution in [3.8, 4) is 0 Å². The van der Waals surface area contributed by atoms with Gasteiger partial charge < -0.3 is 5.73 Å². The molecule has 0 bridgehead atoms. The minimum absolute atomic E-state index is 0.758. The minimum Gasteiger partial charge on any atom is -0.397 e. The SMILES string of the molecule is Cc1cc(Br)c(N)c2cnccc12. The summed E-state index contributed by atoms with van der Waals surface area (Å²) in [6.45, 7) is 2.06. The van der Waals surface area contributed by atoms with E-state index in [0.29, 0.717) is 0 Å². The highest BCUT2D eigenvalue weighted by Gasteiger charge is 2.04. The van der Waals surface area contributed by atoms with E-state index in [0.717, 1.165) is 20.9 Å². The second-order valence-electron chi connectivity index (χ2n) is 3.01. The molecule has 0 aliphatic rings. The molecule has 0 radical (unpaired) electrons. The summed E-state index contributed by atoms with van der Waals surface area (Å²) < 4.78 is 0.936. The van der Waals surface area contributed by atoms with Gasteiger partial charge in [0, 0.05) is 22.3 Å². The lowest BCUT2D eigenvalue weighted by atomic mass is 10.1. The van der Waals surface area contributed by atoms with Crippen molar-refractivity contribution in [1.29, 1.82) is 0 Å². The molecular weight excluding hydrogens is 228 g/mol. The van der Waals surface area contributed by atoms with Gasteiger partial charge in [-0.15, -0.1) is 0 Å². The molecule has 0 amide bonds. The molecular formula is C10H9BrN2. The van der Waals surface area contributed by atoms with E-state index >= 15 is 0 Å². The highest BCUT2D eigenvalue weighted by Crippen LogP contribution is 2.30. The molecule has 1 aromatic carbocycles. The lowest BCUT2D eigenvalue weighted by molar-refractivity contribution is 1.35. The van der Waals surface area contributed by atoms with Crippen LogP contribution in [0.4, 0.5) is 5.69 Å². The fourth-order valence-electron chi connectivity index (χ4n) is 1.43. The Balaban J connectivity index is 2.97. The van der Waals surface area contributed by atoms with Crippen LogP contribution in [-0.2, 0) is 0 Å². The first-order chi connectivity index (χ1) is 6.20. The molecule has 3 heteroatoms. The van der Waals surface area contributed by atoms with Crippen LogP contribution >= 0.6 is 15.9 Å². The number of anilines is 1. The van der Waals surface area contributed by atoms with Gasteiger partial charge in [0.25, 0.3) is 0 Å². The molecule has 0 aliphatic heterocycles. The number of hydrogen-bond acceptors (Lipinski definition) is 2. The quantitative estimate of drug-likeness (QED) is 0.715. The van der Waals surface area contributed by atoms with Crippen LogP contribution in [0.15, 0.2) is 29.0 Å². The molecule has 2 rings (SSSR count). The van der Waals surface area contributed by atoms with E-state index < -0.39 is 0 Å². The Labute approximate surface area is 84.9 Å². The Kier molecular flexibility index (Phi) is 1.96. The number of benzene rings is 1. The van der Waals surface area contributed by atoms with Gasteiger partial charge in [-0.05, 0) is 45.9 Å². The Hall–Kier alpha value is -1.09. The number of aryl methyl sites for hydroxylation is 1. The number of pyridine rings is 1. The Morgan fingerprint density at radius 1 is 1.38 bits per heavy atom. The molecule has 0 spiro atoms. The van der Waals surface area contributed by atoms with Crippen molar-refractivity contribution in [2.75, 3.05) is 5.73 Å². The van der Waals surface area contributed by atoms with Crippen LogP contribution in [0.25, 0.3) is 10.8 Å². The van der Waals surface area contributed by atoms with Gasteiger partial charge in [0.2, 0.25) is 0 Å². The standard InChI is InChI=1S/C10H9BrN2/c1-6-4-9(11)10(12)8-5-13-3-2-7(6)8/h2-5H,12H2,1H3. The van der Waals surface area contributed by atoms with Gasteiger partial charge in [0.05, 0.1) is 5.69 Å². The van der Waals surface area contributed by atoms with Crippen molar-refractivity contribution < 1.29 is 0 Å². The molecule has 0 saturated heterocycles. The van der Waals surface area contributed by atoms with Crippen LogP contribution in [0.1, 0.15) is 5.56 Å². The summed E-state index contributed by atoms with van der Waals surface area (Å²) in [6, 6.07) is 4.01. The average Bonchev–Trinajstić information content (AvgIpc) is 2.15. The van der Waals surface area contributed by atoms with Crippen molar-refractivity contribution in [3.05, 3.63) is 34.6 Å². The molecule has 66 valence electrons. The van der Waals surface area contributed by atoms with Crippen LogP contribution < -0.4 is 5.73 Å². The molecule has 0 aliphatic carbocycles. The highest BCUT2D eigenvalue weighted by atomic mass is 79.9. The largest absolute Gasteiger partial charge is 0.397 e. The van der Waals surface area contributed by atoms with Crippen LogP contribution in [0, 0.1) is 6.92 Å². The minimum atomic E-state index is 0.758. The molecule has 1 heterocycles. The Morgan fingerprint density at radius 3 is 2.92 bits per heavy atom. The fraction of sp³-hybridized carbons (Fsp3) is 0.100. The molecule has 2 N–H and O–H groups in total. The summed E-state index contributed by atoms with van der Waals surface area (Å²) >= 11 is 3.41. The molecule has 0 atom stereocenters. The monoisotopic (exact) mass is 236 g/mol. The van der Waals surface area contributed by atoms with Gasteiger partial charge in [-0.1, -0.05) is 0 Å². The maximum absolute atomic E-state index is 5.90. The first kappa shape index (κ1) is 8.51. The zero-order valence-corrected chi connectivity index (χ0v) is 8.80. The van der Waals surface area contributed by atoms with E-state index in [1.807, 2.05) is 12.1 Å². The van der Waals surface area contributed by atoms with Crippen molar-refractivity contribution in [3.63, 3.8) is 0 Å². The van der Waals surface area contributed by atoms with E-state index in [1.165, 1.54) is 5.56 Å². The zero-order chi connectivity index (χ0) is 9.42. The molecule has 1 aromatic heterocycles. The predicted octanol–water partition coefficient (Wildman–Crippen LogP) is 2.89. The zero-order valence-electron chi connectivity index (χ0n) is 7.21. The van der Waals surface area contributed by atoms with Gasteiger partial charge in [-0.25, -0.2) is 0 Å². The number of halogens is 1. The predicted molar refractivity (Wildman–Crippen MR) is 58.6 cm³/mol. The topological polar surface area (TPSA) is 38.9 Å². The molecule has 0 unspecified atom stereocenters. The summed E-state index contributed by atoms with van der Waals surface area (Å²) in [7, 11) is 0. The van der Waals surface area contributed by atoms with E-state index in [4.69, 9.17) is 5.73 Å². The number of aromatic nitrogens is 1. The number of nitrogen functional groups attached to an aromatic ring is 1. The summed E-state index contributed by atoms with van der Waals surface area (Å²) in [4.78, 5) is 4.06. The summed E-state index contributed by atoms with van der Waals surface area (Å²) in [5.74, 6) is 0. The Morgan fingerprint density at radius 2 is 2.15 bits per heavy atom. The fourth-order valence-corrected chi connectivity index (χ4v) is 1.98. The second-order valence-corrected chi connectivity index (χ2v) is 3.86. The maximum atomic E-state index is 5.90. The lowest BCUT2D eigenvalue weighted by Crippen LogP contribution is -1.91. The second kappa shape index (κ2) is 3.00. The van der Waals surface area contributed by atoms with Crippen molar-refractivity contribution in [2.24, 2.45) is 0 Å². The first-order valence-electron chi connectivity index (χ1n) is 3.98. The third-order valence-electron chi connectivity index (χ3n) is 2.14. The average molecular weight is 237 g/mol. The molecule has 0 saturated carbocycles. The highest BCUT2D eigenvalue weighted by molar-refractivity contribution is 9.10. The van der Waals surface area contributed by atoms with Gasteiger partial charge in [-0.2, -0.15) is 0 Å². The molecule has 2 aromatic rings. The van der Waals surface area contributed by atoms with Crippen LogP contribution in [0.2, 0.25) is 0 Å². The summed E-state index contributed by atoms with van der Waals surface area (Å²) in [6.07, 6.45) is 3.57. The summed E-state index contributed by atoms with van der Waals surface area (Å²) in [5.41, 5.74) is 7.87. The Bertz CT molecular complexity index is 466. The number of nitrogens with zero attached hydrogens (tertiary/aromatic N) is 1. The molecule has 0 fully saturated rings. The van der Waals surface area contributed by atoms with Crippen LogP contribution in [-0.4, -0.2) is 4.98 Å². The third kappa shape index (κ3) is 1.29. The normalized spacial score (nSPS) is 10.6. The first-order valence-corrected chi connectivity index (χ1v) is 4.78. The number of fused-ring (bicyclic) bond motifs is 1. The maximum Gasteiger partial charge on any atom is 0.0553 e. The van der Waals surface area contributed by atoms with E-state index in [9.17, 15) is 0 Å². The van der Waals surface area contributed by atoms with Gasteiger partial charge in [0.15, 0.2) is 0 Å². The van der Waals surface area contributed by atoms with E-state index in [-0.39, 0.29) is 0 Å². The number of nitrogens with two attached hydrogens (primary N) is 1. The summed E-state index contributed by atoms with van der Waals surface area (Å²) in [5, 5.41) is 2.17. The number of hydrogen-bond donors (Lipinski definition) is 1. The molecule has 13 heavy (non-hydrogen) atoms. The van der Waals surface area contributed by atoms with Crippen molar-refractivity contribution >= 4 is 32.4 Å². The van der Waals surface area contributed by atoms with E-state index in [2.05, 4.69) is 27.8 Å². The third-order valence-corrected chi connectivity index (χ3v) is 2.79. The van der Waals surface area contributed by atoms with E-state index in [1.54, 1.807) is 12.4 Å². The van der Waals surface area contributed by atoms with Crippen LogP contribution in [0.3, 0.4) is 0 Å². The van der Waals surface area contributed by atoms with Crippen molar-refractivity contribution in [1.82, 2.24) is 4.98 Å². The van der Waals surface area contributed by atoms with Crippen molar-refractivity contribution in [2.45, 2.75) is 6.92 Å². The number of rotatable bonds is 0. The van der Waals surface area contributed by atoms with Gasteiger partial charge in [-0.3, -0.25) is 4.98 Å². The molecule has 2 nitrogen and oxygen atoms in total. The van der Waals surface area contributed by atoms with Gasteiger partial charge >= 0.3 is 0 Å².